The van der Waals surface area contributed by atoms with E-state index in [1.807, 2.05) is 0 Å². The summed E-state index contributed by atoms with van der Waals surface area (Å²) in [7, 11) is 0. The van der Waals surface area contributed by atoms with E-state index in [1.165, 1.54) is 4.90 Å². The van der Waals surface area contributed by atoms with Crippen LogP contribution in [-0.2, 0) is 14.3 Å². The van der Waals surface area contributed by atoms with Crippen LogP contribution in [0.3, 0.4) is 0 Å². The number of carbonyl (C=O) groups is 2. The summed E-state index contributed by atoms with van der Waals surface area (Å²) in [5.41, 5.74) is 0. The standard InChI is InChI=1S/C6H9NO4.K/c8-5(6(9)10)7-1-3-11-4-2-7;/h1-4H2,(H,9,10);/q;+1/p-1. The molecule has 0 aliphatic carbocycles. The van der Waals surface area contributed by atoms with Crippen molar-refractivity contribution in [3.8, 4) is 0 Å². The molecule has 1 heterocycles. The van der Waals surface area contributed by atoms with Gasteiger partial charge in [0.1, 0.15) is 5.97 Å². The summed E-state index contributed by atoms with van der Waals surface area (Å²) in [4.78, 5) is 22.0. The predicted molar refractivity (Wildman–Crippen MR) is 32.4 cm³/mol. The first-order valence-electron chi connectivity index (χ1n) is 3.30. The van der Waals surface area contributed by atoms with Gasteiger partial charge in [0.25, 0.3) is 5.91 Å². The number of carboxylic acid groups (broad SMARTS) is 1. The van der Waals surface area contributed by atoms with Crippen LogP contribution in [0.4, 0.5) is 0 Å². The molecule has 0 aromatic rings. The Balaban J connectivity index is 0.00000121. The fraction of sp³-hybridized carbons (Fsp3) is 0.667. The summed E-state index contributed by atoms with van der Waals surface area (Å²) in [5.74, 6) is -2.60. The molecular weight excluding hydrogens is 189 g/mol. The van der Waals surface area contributed by atoms with Crippen LogP contribution in [0.5, 0.6) is 0 Å². The molecule has 0 N–H and O–H groups in total. The summed E-state index contributed by atoms with van der Waals surface area (Å²) in [6.07, 6.45) is 0. The molecule has 0 aromatic heterocycles. The van der Waals surface area contributed by atoms with Crippen LogP contribution in [0.1, 0.15) is 0 Å². The van der Waals surface area contributed by atoms with Gasteiger partial charge in [-0.15, -0.1) is 0 Å². The Labute approximate surface area is 112 Å². The second kappa shape index (κ2) is 6.06. The van der Waals surface area contributed by atoms with Gasteiger partial charge in [-0.1, -0.05) is 0 Å². The third kappa shape index (κ3) is 3.50. The molecule has 1 fully saturated rings. The first-order valence-corrected chi connectivity index (χ1v) is 3.30. The van der Waals surface area contributed by atoms with Gasteiger partial charge in [0.15, 0.2) is 0 Å². The van der Waals surface area contributed by atoms with E-state index < -0.39 is 11.9 Å². The Morgan fingerprint density at radius 1 is 1.25 bits per heavy atom. The number of ether oxygens (including phenoxy) is 1. The number of carboxylic acids is 1. The van der Waals surface area contributed by atoms with Crippen LogP contribution in [0.15, 0.2) is 0 Å². The minimum absolute atomic E-state index is 0. The molecule has 1 aliphatic heterocycles. The maximum atomic E-state index is 10.7. The molecule has 0 atom stereocenters. The van der Waals surface area contributed by atoms with Gasteiger partial charge < -0.3 is 19.5 Å². The number of rotatable bonds is 0. The molecule has 1 aliphatic rings. The molecule has 12 heavy (non-hydrogen) atoms. The molecule has 1 amide bonds. The monoisotopic (exact) mass is 197 g/mol. The summed E-state index contributed by atoms with van der Waals surface area (Å²) in [6.45, 7) is 1.48. The van der Waals surface area contributed by atoms with E-state index in [-0.39, 0.29) is 51.4 Å². The Morgan fingerprint density at radius 2 is 1.75 bits per heavy atom. The number of amides is 1. The van der Waals surface area contributed by atoms with Gasteiger partial charge in [-0.05, 0) is 0 Å². The SMILES string of the molecule is O=C([O-])C(=O)N1CCOCC1.[K+]. The van der Waals surface area contributed by atoms with E-state index in [0.29, 0.717) is 26.3 Å². The number of morpholine rings is 1. The van der Waals surface area contributed by atoms with Gasteiger partial charge in [-0.25, -0.2) is 0 Å². The number of hydrogen-bond acceptors (Lipinski definition) is 4. The van der Waals surface area contributed by atoms with E-state index >= 15 is 0 Å². The van der Waals surface area contributed by atoms with Gasteiger partial charge >= 0.3 is 51.4 Å². The van der Waals surface area contributed by atoms with Crippen LogP contribution >= 0.6 is 0 Å². The Kier molecular flexibility index (Phi) is 6.33. The fourth-order valence-electron chi connectivity index (χ4n) is 0.896. The summed E-state index contributed by atoms with van der Waals surface area (Å²) >= 11 is 0. The van der Waals surface area contributed by atoms with Gasteiger partial charge in [-0.3, -0.25) is 4.79 Å². The normalized spacial score (nSPS) is 16.5. The molecule has 0 radical (unpaired) electrons. The van der Waals surface area contributed by atoms with Crippen molar-refractivity contribution in [3.63, 3.8) is 0 Å². The molecule has 6 heteroatoms. The molecule has 0 spiro atoms. The van der Waals surface area contributed by atoms with E-state index in [4.69, 9.17) is 4.74 Å². The molecular formula is C6H8KNO4. The Bertz CT molecular complexity index is 178. The second-order valence-corrected chi connectivity index (χ2v) is 2.19. The van der Waals surface area contributed by atoms with Crippen molar-refractivity contribution in [1.29, 1.82) is 0 Å². The molecule has 1 saturated heterocycles. The van der Waals surface area contributed by atoms with Gasteiger partial charge in [0.05, 0.1) is 13.2 Å². The zero-order valence-electron chi connectivity index (χ0n) is 6.91. The van der Waals surface area contributed by atoms with Crippen LogP contribution < -0.4 is 56.5 Å². The smallest absolute Gasteiger partial charge is 0.540 e. The van der Waals surface area contributed by atoms with Crippen molar-refractivity contribution >= 4 is 11.9 Å². The number of hydrogen-bond donors (Lipinski definition) is 0. The van der Waals surface area contributed by atoms with Gasteiger partial charge in [-0.2, -0.15) is 0 Å². The largest absolute Gasteiger partial charge is 1.00 e. The van der Waals surface area contributed by atoms with Crippen molar-refractivity contribution in [1.82, 2.24) is 4.90 Å². The minimum Gasteiger partial charge on any atom is -0.540 e. The summed E-state index contributed by atoms with van der Waals surface area (Å²) < 4.78 is 4.92. The first kappa shape index (κ1) is 12.5. The molecule has 1 rings (SSSR count). The van der Waals surface area contributed by atoms with Crippen LogP contribution in [-0.4, -0.2) is 43.1 Å². The first-order chi connectivity index (χ1) is 5.22. The molecule has 0 unspecified atom stereocenters. The van der Waals surface area contributed by atoms with Crippen molar-refractivity contribution in [2.45, 2.75) is 0 Å². The van der Waals surface area contributed by atoms with Crippen LogP contribution in [0.2, 0.25) is 0 Å². The number of carbonyl (C=O) groups excluding carboxylic acids is 2. The topological polar surface area (TPSA) is 69.7 Å². The predicted octanol–water partition coefficient (Wildman–Crippen LogP) is -5.40. The minimum atomic E-state index is -1.65. The number of nitrogens with zero attached hydrogens (tertiary/aromatic N) is 1. The van der Waals surface area contributed by atoms with Crippen molar-refractivity contribution < 1.29 is 70.8 Å². The molecule has 0 aromatic carbocycles. The molecule has 0 bridgehead atoms. The molecule has 5 nitrogen and oxygen atoms in total. The van der Waals surface area contributed by atoms with Crippen LogP contribution in [0, 0.1) is 0 Å². The quantitative estimate of drug-likeness (QED) is 0.287. The zero-order chi connectivity index (χ0) is 8.27. The summed E-state index contributed by atoms with van der Waals surface area (Å²) in [6, 6.07) is 0. The maximum Gasteiger partial charge on any atom is 1.00 e. The zero-order valence-corrected chi connectivity index (χ0v) is 10.0. The Morgan fingerprint density at radius 3 is 2.17 bits per heavy atom. The van der Waals surface area contributed by atoms with Crippen molar-refractivity contribution in [3.05, 3.63) is 0 Å². The third-order valence-corrected chi connectivity index (χ3v) is 1.47. The van der Waals surface area contributed by atoms with Crippen LogP contribution in [0.25, 0.3) is 0 Å². The van der Waals surface area contributed by atoms with Gasteiger partial charge in [0.2, 0.25) is 0 Å². The average Bonchev–Trinajstić information content (AvgIpc) is 2.05. The Hall–Kier alpha value is 0.536. The van der Waals surface area contributed by atoms with E-state index in [0.717, 1.165) is 0 Å². The maximum absolute atomic E-state index is 10.7. The van der Waals surface area contributed by atoms with Crippen molar-refractivity contribution in [2.75, 3.05) is 26.3 Å². The molecule has 62 valence electrons. The van der Waals surface area contributed by atoms with Gasteiger partial charge in [0, 0.05) is 13.1 Å². The van der Waals surface area contributed by atoms with E-state index in [1.54, 1.807) is 0 Å². The number of aliphatic carboxylic acids is 1. The van der Waals surface area contributed by atoms with Crippen molar-refractivity contribution in [2.24, 2.45) is 0 Å². The fourth-order valence-corrected chi connectivity index (χ4v) is 0.896. The molecule has 0 saturated carbocycles. The summed E-state index contributed by atoms with van der Waals surface area (Å²) in [5, 5.41) is 10.1. The van der Waals surface area contributed by atoms with E-state index in [2.05, 4.69) is 0 Å². The average molecular weight is 197 g/mol. The van der Waals surface area contributed by atoms with E-state index in [9.17, 15) is 14.7 Å². The third-order valence-electron chi connectivity index (χ3n) is 1.47. The second-order valence-electron chi connectivity index (χ2n) is 2.19.